The van der Waals surface area contributed by atoms with Crippen LogP contribution in [-0.4, -0.2) is 18.6 Å². The summed E-state index contributed by atoms with van der Waals surface area (Å²) in [7, 11) is 0. The molecule has 0 heterocycles. The van der Waals surface area contributed by atoms with Crippen LogP contribution in [0.3, 0.4) is 0 Å². The monoisotopic (exact) mass is 239 g/mol. The minimum atomic E-state index is -0.703. The molecule has 0 aromatic rings. The molecule has 0 bridgehead atoms. The molecular formula is C13H21NO3. The maximum absolute atomic E-state index is 11.3. The van der Waals surface area contributed by atoms with Crippen molar-refractivity contribution in [2.45, 2.75) is 40.5 Å². The van der Waals surface area contributed by atoms with Crippen molar-refractivity contribution in [2.24, 2.45) is 0 Å². The van der Waals surface area contributed by atoms with E-state index in [0.29, 0.717) is 0 Å². The molecule has 0 aliphatic heterocycles. The molecule has 0 atom stereocenters. The lowest BCUT2D eigenvalue weighted by Crippen LogP contribution is -2.29. The minimum absolute atomic E-state index is 0.252. The summed E-state index contributed by atoms with van der Waals surface area (Å²) in [5, 5.41) is 2.12. The molecule has 96 valence electrons. The summed E-state index contributed by atoms with van der Waals surface area (Å²) in [6.07, 6.45) is 4.54. The van der Waals surface area contributed by atoms with Crippen molar-refractivity contribution in [3.05, 3.63) is 23.3 Å². The maximum atomic E-state index is 11.3. The lowest BCUT2D eigenvalue weighted by Gasteiger charge is -2.02. The Kier molecular flexibility index (Phi) is 7.76. The summed E-state index contributed by atoms with van der Waals surface area (Å²) in [6, 6.07) is 0. The first-order valence-electron chi connectivity index (χ1n) is 5.74. The maximum Gasteiger partial charge on any atom is 0.414 e. The fourth-order valence-electron chi connectivity index (χ4n) is 1.19. The summed E-state index contributed by atoms with van der Waals surface area (Å²) in [5.41, 5.74) is 2.19. The second-order valence-corrected chi connectivity index (χ2v) is 4.02. The highest BCUT2D eigenvalue weighted by molar-refractivity contribution is 5.98. The lowest BCUT2D eigenvalue weighted by molar-refractivity contribution is -0.115. The number of imide groups is 1. The summed E-state index contributed by atoms with van der Waals surface area (Å²) >= 11 is 0. The van der Waals surface area contributed by atoms with Crippen molar-refractivity contribution in [1.82, 2.24) is 5.32 Å². The van der Waals surface area contributed by atoms with Gasteiger partial charge in [-0.1, -0.05) is 17.2 Å². The third kappa shape index (κ3) is 9.35. The molecule has 1 N–H and O–H groups in total. The number of hydrogen-bond donors (Lipinski definition) is 1. The zero-order valence-electron chi connectivity index (χ0n) is 11.0. The van der Waals surface area contributed by atoms with Crippen molar-refractivity contribution in [3.8, 4) is 0 Å². The molecule has 0 fully saturated rings. The molecule has 4 nitrogen and oxygen atoms in total. The van der Waals surface area contributed by atoms with Gasteiger partial charge in [0, 0.05) is 6.08 Å². The average molecular weight is 239 g/mol. The first kappa shape index (κ1) is 15.4. The van der Waals surface area contributed by atoms with Gasteiger partial charge in [-0.2, -0.15) is 0 Å². The molecule has 0 aromatic carbocycles. The smallest absolute Gasteiger partial charge is 0.414 e. The van der Waals surface area contributed by atoms with Crippen LogP contribution in [0.2, 0.25) is 0 Å². The van der Waals surface area contributed by atoms with E-state index in [0.717, 1.165) is 18.4 Å². The van der Waals surface area contributed by atoms with Crippen molar-refractivity contribution < 1.29 is 14.3 Å². The van der Waals surface area contributed by atoms with Gasteiger partial charge < -0.3 is 4.74 Å². The summed E-state index contributed by atoms with van der Waals surface area (Å²) < 4.78 is 4.60. The van der Waals surface area contributed by atoms with Gasteiger partial charge in [-0.3, -0.25) is 10.1 Å². The summed E-state index contributed by atoms with van der Waals surface area (Å²) in [6.45, 7) is 7.87. The van der Waals surface area contributed by atoms with E-state index in [4.69, 9.17) is 0 Å². The van der Waals surface area contributed by atoms with Crippen molar-refractivity contribution in [3.63, 3.8) is 0 Å². The SMILES string of the molecule is CCOC(=O)NC(=O)C=C(C)CCC=C(C)C. The Morgan fingerprint density at radius 2 is 1.88 bits per heavy atom. The second kappa shape index (κ2) is 8.56. The van der Waals surface area contributed by atoms with E-state index < -0.39 is 12.0 Å². The van der Waals surface area contributed by atoms with E-state index in [9.17, 15) is 9.59 Å². The number of rotatable bonds is 5. The van der Waals surface area contributed by atoms with Crippen LogP contribution in [0.15, 0.2) is 23.3 Å². The minimum Gasteiger partial charge on any atom is -0.450 e. The lowest BCUT2D eigenvalue weighted by atomic mass is 10.1. The quantitative estimate of drug-likeness (QED) is 0.592. The fraction of sp³-hybridized carbons (Fsp3) is 0.538. The number of allylic oxidation sites excluding steroid dienone is 3. The third-order valence-corrected chi connectivity index (χ3v) is 1.97. The van der Waals surface area contributed by atoms with E-state index in [1.807, 2.05) is 20.8 Å². The van der Waals surface area contributed by atoms with E-state index >= 15 is 0 Å². The first-order valence-corrected chi connectivity index (χ1v) is 5.74. The first-order chi connectivity index (χ1) is 7.95. The second-order valence-electron chi connectivity index (χ2n) is 4.02. The zero-order valence-corrected chi connectivity index (χ0v) is 11.0. The topological polar surface area (TPSA) is 55.4 Å². The van der Waals surface area contributed by atoms with Gasteiger partial charge in [0.25, 0.3) is 5.91 Å². The number of nitrogens with one attached hydrogen (secondary N) is 1. The molecule has 0 rings (SSSR count). The van der Waals surface area contributed by atoms with Crippen LogP contribution in [0.4, 0.5) is 4.79 Å². The average Bonchev–Trinajstić information content (AvgIpc) is 2.16. The number of ether oxygens (including phenoxy) is 1. The van der Waals surface area contributed by atoms with Crippen molar-refractivity contribution in [2.75, 3.05) is 6.61 Å². The highest BCUT2D eigenvalue weighted by Gasteiger charge is 2.05. The van der Waals surface area contributed by atoms with Gasteiger partial charge in [0.05, 0.1) is 6.61 Å². The molecular weight excluding hydrogens is 218 g/mol. The van der Waals surface area contributed by atoms with E-state index in [-0.39, 0.29) is 6.61 Å². The molecule has 0 aliphatic carbocycles. The van der Waals surface area contributed by atoms with Crippen LogP contribution < -0.4 is 5.32 Å². The van der Waals surface area contributed by atoms with Crippen LogP contribution >= 0.6 is 0 Å². The number of carbonyl (C=O) groups is 2. The molecule has 0 saturated carbocycles. The Morgan fingerprint density at radius 3 is 2.41 bits per heavy atom. The van der Waals surface area contributed by atoms with Crippen LogP contribution in [0.1, 0.15) is 40.5 Å². The molecule has 0 radical (unpaired) electrons. The van der Waals surface area contributed by atoms with Gasteiger partial charge in [-0.05, 0) is 40.5 Å². The Labute approximate surface area is 103 Å². The van der Waals surface area contributed by atoms with Crippen molar-refractivity contribution >= 4 is 12.0 Å². The van der Waals surface area contributed by atoms with Crippen LogP contribution in [0.25, 0.3) is 0 Å². The van der Waals surface area contributed by atoms with Gasteiger partial charge in [0.1, 0.15) is 0 Å². The molecule has 17 heavy (non-hydrogen) atoms. The standard InChI is InChI=1S/C13H21NO3/c1-5-17-13(16)14-12(15)9-11(4)8-6-7-10(2)3/h7,9H,5-6,8H2,1-4H3,(H,14,15,16). The number of hydrogen-bond acceptors (Lipinski definition) is 3. The van der Waals surface area contributed by atoms with Gasteiger partial charge in [-0.15, -0.1) is 0 Å². The molecule has 0 saturated heterocycles. The molecule has 2 amide bonds. The van der Waals surface area contributed by atoms with Crippen molar-refractivity contribution in [1.29, 1.82) is 0 Å². The zero-order chi connectivity index (χ0) is 13.3. The fourth-order valence-corrected chi connectivity index (χ4v) is 1.19. The third-order valence-electron chi connectivity index (χ3n) is 1.97. The highest BCUT2D eigenvalue weighted by Crippen LogP contribution is 2.06. The van der Waals surface area contributed by atoms with Gasteiger partial charge >= 0.3 is 6.09 Å². The molecule has 4 heteroatoms. The Morgan fingerprint density at radius 1 is 1.24 bits per heavy atom. The molecule has 0 aromatic heterocycles. The van der Waals surface area contributed by atoms with E-state index in [1.54, 1.807) is 6.92 Å². The Hall–Kier alpha value is -1.58. The number of alkyl carbamates (subject to hydrolysis) is 1. The molecule has 0 unspecified atom stereocenters. The highest BCUT2D eigenvalue weighted by atomic mass is 16.5. The number of amides is 2. The van der Waals surface area contributed by atoms with Gasteiger partial charge in [-0.25, -0.2) is 4.79 Å². The van der Waals surface area contributed by atoms with E-state index in [2.05, 4.69) is 16.1 Å². The predicted molar refractivity (Wildman–Crippen MR) is 67.6 cm³/mol. The molecule has 0 aliphatic rings. The van der Waals surface area contributed by atoms with Gasteiger partial charge in [0.2, 0.25) is 0 Å². The Bertz CT molecular complexity index is 326. The predicted octanol–water partition coefficient (Wildman–Crippen LogP) is 2.95. The van der Waals surface area contributed by atoms with Crippen LogP contribution in [0.5, 0.6) is 0 Å². The Balaban J connectivity index is 4.06. The molecule has 0 spiro atoms. The van der Waals surface area contributed by atoms with Crippen LogP contribution in [0, 0.1) is 0 Å². The summed E-state index contributed by atoms with van der Waals surface area (Å²) in [4.78, 5) is 22.3. The van der Waals surface area contributed by atoms with E-state index in [1.165, 1.54) is 11.6 Å². The van der Waals surface area contributed by atoms with Crippen LogP contribution in [-0.2, 0) is 9.53 Å². The number of carbonyl (C=O) groups excluding carboxylic acids is 2. The van der Waals surface area contributed by atoms with Gasteiger partial charge in [0.15, 0.2) is 0 Å². The summed E-state index contributed by atoms with van der Waals surface area (Å²) in [5.74, 6) is -0.432. The largest absolute Gasteiger partial charge is 0.450 e. The normalized spacial score (nSPS) is 10.7.